The van der Waals surface area contributed by atoms with Gasteiger partial charge in [0.15, 0.2) is 0 Å². The number of halogens is 1. The Morgan fingerprint density at radius 2 is 2.06 bits per heavy atom. The lowest BCUT2D eigenvalue weighted by Gasteiger charge is -2.14. The minimum atomic E-state index is -0.259. The molecule has 4 heteroatoms. The fourth-order valence-electron chi connectivity index (χ4n) is 1.52. The van der Waals surface area contributed by atoms with E-state index in [9.17, 15) is 9.18 Å². The van der Waals surface area contributed by atoms with Crippen LogP contribution in [0.1, 0.15) is 32.4 Å². The third-order valence-corrected chi connectivity index (χ3v) is 2.62. The molecule has 0 saturated heterocycles. The summed E-state index contributed by atoms with van der Waals surface area (Å²) in [7, 11) is 0. The van der Waals surface area contributed by atoms with E-state index in [1.807, 2.05) is 26.8 Å². The predicted molar refractivity (Wildman–Crippen MR) is 70.7 cm³/mol. The molecule has 3 nitrogen and oxygen atoms in total. The first-order chi connectivity index (χ1) is 8.49. The molecule has 2 N–H and O–H groups in total. The molecule has 18 heavy (non-hydrogen) atoms. The maximum atomic E-state index is 13.0. The Balaban J connectivity index is 2.37. The summed E-state index contributed by atoms with van der Waals surface area (Å²) in [6.45, 7) is 6.91. The molecular formula is C14H21FN2O. The summed E-state index contributed by atoms with van der Waals surface area (Å²) in [4.78, 5) is 11.5. The third kappa shape index (κ3) is 5.27. The number of carbonyl (C=O) groups excluding carboxylic acids is 1. The highest BCUT2D eigenvalue weighted by molar-refractivity contribution is 5.78. The van der Waals surface area contributed by atoms with Gasteiger partial charge in [0.25, 0.3) is 0 Å². The van der Waals surface area contributed by atoms with E-state index in [0.717, 1.165) is 5.56 Å². The zero-order valence-electron chi connectivity index (χ0n) is 11.2. The molecule has 0 aliphatic carbocycles. The fraction of sp³-hybridized carbons (Fsp3) is 0.500. The number of carbonyl (C=O) groups is 1. The van der Waals surface area contributed by atoms with Crippen LogP contribution in [-0.2, 0) is 4.79 Å². The zero-order valence-corrected chi connectivity index (χ0v) is 11.2. The van der Waals surface area contributed by atoms with Crippen molar-refractivity contribution in [2.24, 2.45) is 5.92 Å². The number of benzene rings is 1. The summed E-state index contributed by atoms with van der Waals surface area (Å²) in [5, 5.41) is 5.90. The molecule has 0 aromatic heterocycles. The summed E-state index contributed by atoms with van der Waals surface area (Å²) in [5.74, 6) is 0.145. The summed E-state index contributed by atoms with van der Waals surface area (Å²) in [6, 6.07) is 6.34. The van der Waals surface area contributed by atoms with E-state index in [4.69, 9.17) is 0 Å². The quantitative estimate of drug-likeness (QED) is 0.815. The zero-order chi connectivity index (χ0) is 13.5. The number of nitrogens with one attached hydrogen (secondary N) is 2. The molecule has 1 atom stereocenters. The van der Waals surface area contributed by atoms with Gasteiger partial charge in [0.2, 0.25) is 5.91 Å². The molecule has 0 aliphatic rings. The lowest BCUT2D eigenvalue weighted by molar-refractivity contribution is -0.120. The van der Waals surface area contributed by atoms with Gasteiger partial charge in [0.1, 0.15) is 5.82 Å². The van der Waals surface area contributed by atoms with Gasteiger partial charge >= 0.3 is 0 Å². The van der Waals surface area contributed by atoms with Gasteiger partial charge in [-0.1, -0.05) is 26.0 Å². The van der Waals surface area contributed by atoms with Gasteiger partial charge in [-0.3, -0.25) is 4.79 Å². The summed E-state index contributed by atoms with van der Waals surface area (Å²) in [6.07, 6.45) is 0. The predicted octanol–water partition coefficient (Wildman–Crippen LogP) is 2.25. The van der Waals surface area contributed by atoms with Crippen molar-refractivity contribution in [1.29, 1.82) is 0 Å². The lowest BCUT2D eigenvalue weighted by atomic mass is 10.1. The van der Waals surface area contributed by atoms with E-state index in [0.29, 0.717) is 12.5 Å². The second-order valence-corrected chi connectivity index (χ2v) is 4.86. The van der Waals surface area contributed by atoms with E-state index in [2.05, 4.69) is 10.6 Å². The van der Waals surface area contributed by atoms with Gasteiger partial charge in [-0.2, -0.15) is 0 Å². The first-order valence-electron chi connectivity index (χ1n) is 6.24. The fourth-order valence-corrected chi connectivity index (χ4v) is 1.52. The van der Waals surface area contributed by atoms with Crippen LogP contribution in [0.3, 0.4) is 0 Å². The minimum absolute atomic E-state index is 0.0352. The van der Waals surface area contributed by atoms with Gasteiger partial charge in [-0.25, -0.2) is 4.39 Å². The second kappa shape index (κ2) is 7.11. The smallest absolute Gasteiger partial charge is 0.233 e. The minimum Gasteiger partial charge on any atom is -0.355 e. The van der Waals surface area contributed by atoms with Crippen molar-refractivity contribution in [3.63, 3.8) is 0 Å². The monoisotopic (exact) mass is 252 g/mol. The SMILES string of the molecule is CC(C)CNC(=O)CN[C@@H](C)c1cccc(F)c1. The molecule has 1 aromatic rings. The van der Waals surface area contributed by atoms with Crippen molar-refractivity contribution >= 4 is 5.91 Å². The first-order valence-corrected chi connectivity index (χ1v) is 6.24. The standard InChI is InChI=1S/C14H21FN2O/c1-10(2)8-17-14(18)9-16-11(3)12-5-4-6-13(15)7-12/h4-7,10-11,16H,8-9H2,1-3H3,(H,17,18)/t11-/m0/s1. The molecule has 0 radical (unpaired) electrons. The molecule has 0 unspecified atom stereocenters. The van der Waals surface area contributed by atoms with Crippen molar-refractivity contribution in [3.8, 4) is 0 Å². The number of amides is 1. The molecule has 0 heterocycles. The van der Waals surface area contributed by atoms with E-state index >= 15 is 0 Å². The van der Waals surface area contributed by atoms with E-state index in [-0.39, 0.29) is 24.3 Å². The molecule has 1 rings (SSSR count). The normalized spacial score (nSPS) is 12.5. The highest BCUT2D eigenvalue weighted by Gasteiger charge is 2.08. The Bertz CT molecular complexity index is 393. The van der Waals surface area contributed by atoms with Crippen LogP contribution in [-0.4, -0.2) is 19.0 Å². The van der Waals surface area contributed by atoms with Crippen molar-refractivity contribution < 1.29 is 9.18 Å². The molecule has 1 aromatic carbocycles. The van der Waals surface area contributed by atoms with Gasteiger partial charge < -0.3 is 10.6 Å². The van der Waals surface area contributed by atoms with Crippen molar-refractivity contribution in [2.45, 2.75) is 26.8 Å². The number of rotatable bonds is 6. The van der Waals surface area contributed by atoms with Crippen LogP contribution in [0.5, 0.6) is 0 Å². The van der Waals surface area contributed by atoms with Gasteiger partial charge in [-0.05, 0) is 30.5 Å². The van der Waals surface area contributed by atoms with E-state index in [1.165, 1.54) is 12.1 Å². The Morgan fingerprint density at radius 1 is 1.33 bits per heavy atom. The summed E-state index contributed by atoms with van der Waals surface area (Å²) >= 11 is 0. The number of hydrogen-bond acceptors (Lipinski definition) is 2. The molecule has 0 bridgehead atoms. The summed E-state index contributed by atoms with van der Waals surface area (Å²) in [5.41, 5.74) is 0.839. The largest absolute Gasteiger partial charge is 0.355 e. The van der Waals surface area contributed by atoms with Crippen LogP contribution >= 0.6 is 0 Å². The van der Waals surface area contributed by atoms with Crippen LogP contribution in [0.2, 0.25) is 0 Å². The topological polar surface area (TPSA) is 41.1 Å². The van der Waals surface area contributed by atoms with Crippen molar-refractivity contribution in [2.75, 3.05) is 13.1 Å². The second-order valence-electron chi connectivity index (χ2n) is 4.86. The van der Waals surface area contributed by atoms with Crippen molar-refractivity contribution in [1.82, 2.24) is 10.6 Å². The lowest BCUT2D eigenvalue weighted by Crippen LogP contribution is -2.36. The van der Waals surface area contributed by atoms with E-state index in [1.54, 1.807) is 6.07 Å². The Kier molecular flexibility index (Phi) is 5.78. The van der Waals surface area contributed by atoms with Gasteiger partial charge in [0, 0.05) is 12.6 Å². The third-order valence-electron chi connectivity index (χ3n) is 2.62. The summed E-state index contributed by atoms with van der Waals surface area (Å²) < 4.78 is 13.0. The van der Waals surface area contributed by atoms with Crippen molar-refractivity contribution in [3.05, 3.63) is 35.6 Å². The Hall–Kier alpha value is -1.42. The molecular weight excluding hydrogens is 231 g/mol. The van der Waals surface area contributed by atoms with Crippen LogP contribution in [0.15, 0.2) is 24.3 Å². The molecule has 0 saturated carbocycles. The first kappa shape index (κ1) is 14.6. The molecule has 1 amide bonds. The Morgan fingerprint density at radius 3 is 2.67 bits per heavy atom. The highest BCUT2D eigenvalue weighted by Crippen LogP contribution is 2.12. The highest BCUT2D eigenvalue weighted by atomic mass is 19.1. The average Bonchev–Trinajstić information content (AvgIpc) is 2.33. The molecule has 100 valence electrons. The van der Waals surface area contributed by atoms with Crippen LogP contribution < -0.4 is 10.6 Å². The maximum Gasteiger partial charge on any atom is 0.233 e. The average molecular weight is 252 g/mol. The van der Waals surface area contributed by atoms with Crippen LogP contribution in [0.25, 0.3) is 0 Å². The van der Waals surface area contributed by atoms with Gasteiger partial charge in [0.05, 0.1) is 6.54 Å². The van der Waals surface area contributed by atoms with Gasteiger partial charge in [-0.15, -0.1) is 0 Å². The van der Waals surface area contributed by atoms with Crippen LogP contribution in [0.4, 0.5) is 4.39 Å². The maximum absolute atomic E-state index is 13.0. The molecule has 0 spiro atoms. The number of hydrogen-bond donors (Lipinski definition) is 2. The molecule has 0 aliphatic heterocycles. The Labute approximate surface area is 108 Å². The van der Waals surface area contributed by atoms with E-state index < -0.39 is 0 Å². The molecule has 0 fully saturated rings. The van der Waals surface area contributed by atoms with Crippen LogP contribution in [0, 0.1) is 11.7 Å².